The normalized spacial score (nSPS) is 16.5. The zero-order valence-corrected chi connectivity index (χ0v) is 13.1. The molecule has 7 nitrogen and oxygen atoms in total. The first-order valence-corrected chi connectivity index (χ1v) is 7.28. The maximum atomic E-state index is 6.06. The van der Waals surface area contributed by atoms with Gasteiger partial charge in [-0.2, -0.15) is 5.10 Å². The molecule has 1 aromatic heterocycles. The zero-order valence-electron chi connectivity index (χ0n) is 13.1. The number of aliphatic imine (C=N–C) groups is 1. The first kappa shape index (κ1) is 15.8. The highest BCUT2D eigenvalue weighted by Gasteiger charge is 2.14. The third kappa shape index (κ3) is 3.95. The van der Waals surface area contributed by atoms with E-state index in [0.29, 0.717) is 32.3 Å². The molecule has 2 N–H and O–H groups in total. The van der Waals surface area contributed by atoms with E-state index < -0.39 is 0 Å². The number of aryl methyl sites for hydroxylation is 1. The van der Waals surface area contributed by atoms with Gasteiger partial charge in [-0.05, 0) is 13.8 Å². The van der Waals surface area contributed by atoms with Crippen molar-refractivity contribution in [1.82, 2.24) is 14.7 Å². The van der Waals surface area contributed by atoms with Crippen molar-refractivity contribution in [2.45, 2.75) is 26.9 Å². The maximum absolute atomic E-state index is 6.06. The molecule has 0 amide bonds. The number of morpholine rings is 1. The number of aromatic nitrogens is 2. The smallest absolute Gasteiger partial charge is 0.191 e. The molecule has 1 saturated heterocycles. The molecule has 7 heteroatoms. The highest BCUT2D eigenvalue weighted by atomic mass is 16.5. The van der Waals surface area contributed by atoms with Gasteiger partial charge in [0, 0.05) is 31.5 Å². The van der Waals surface area contributed by atoms with Crippen LogP contribution in [-0.2, 0) is 22.6 Å². The van der Waals surface area contributed by atoms with E-state index in [2.05, 4.69) is 21.9 Å². The van der Waals surface area contributed by atoms with Gasteiger partial charge in [0.2, 0.25) is 0 Å². The summed E-state index contributed by atoms with van der Waals surface area (Å²) in [5.74, 6) is 0.585. The van der Waals surface area contributed by atoms with Gasteiger partial charge in [-0.3, -0.25) is 4.68 Å². The summed E-state index contributed by atoms with van der Waals surface area (Å²) in [6, 6.07) is 0. The topological polar surface area (TPSA) is 77.9 Å². The van der Waals surface area contributed by atoms with Crippen molar-refractivity contribution in [3.8, 4) is 0 Å². The van der Waals surface area contributed by atoms with Gasteiger partial charge in [0.15, 0.2) is 5.96 Å². The minimum Gasteiger partial charge on any atom is -0.383 e. The summed E-state index contributed by atoms with van der Waals surface area (Å²) < 4.78 is 12.4. The number of hydrogen-bond acceptors (Lipinski definition) is 4. The van der Waals surface area contributed by atoms with Crippen LogP contribution in [0.25, 0.3) is 0 Å². The molecule has 118 valence electrons. The number of nitrogens with two attached hydrogens (primary N) is 1. The molecule has 1 aliphatic rings. The summed E-state index contributed by atoms with van der Waals surface area (Å²) in [6.07, 6.45) is 0. The maximum Gasteiger partial charge on any atom is 0.191 e. The van der Waals surface area contributed by atoms with Crippen molar-refractivity contribution in [1.29, 1.82) is 0 Å². The average Bonchev–Trinajstić information content (AvgIpc) is 2.78. The fourth-order valence-electron chi connectivity index (χ4n) is 2.41. The third-order valence-corrected chi connectivity index (χ3v) is 3.77. The van der Waals surface area contributed by atoms with E-state index in [0.717, 1.165) is 36.6 Å². The first-order valence-electron chi connectivity index (χ1n) is 7.28. The quantitative estimate of drug-likeness (QED) is 0.624. The predicted molar refractivity (Wildman–Crippen MR) is 81.3 cm³/mol. The Bertz CT molecular complexity index is 492. The Morgan fingerprint density at radius 2 is 2.10 bits per heavy atom. The van der Waals surface area contributed by atoms with E-state index in [9.17, 15) is 0 Å². The Hall–Kier alpha value is -1.60. The van der Waals surface area contributed by atoms with Crippen LogP contribution >= 0.6 is 0 Å². The number of nitrogens with zero attached hydrogens (tertiary/aromatic N) is 4. The minimum absolute atomic E-state index is 0.563. The standard InChI is InChI=1S/C14H25N5O2/c1-11-13(12(2)19(17-11)6-7-20-3)10-16-14(15)18-4-8-21-9-5-18/h4-10H2,1-3H3,(H2,15,16). The Morgan fingerprint density at radius 1 is 1.38 bits per heavy atom. The molecule has 0 aliphatic carbocycles. The summed E-state index contributed by atoms with van der Waals surface area (Å²) in [4.78, 5) is 6.57. The van der Waals surface area contributed by atoms with Crippen LogP contribution in [0.2, 0.25) is 0 Å². The van der Waals surface area contributed by atoms with Crippen LogP contribution in [0.15, 0.2) is 4.99 Å². The van der Waals surface area contributed by atoms with Gasteiger partial charge >= 0.3 is 0 Å². The molecule has 1 aromatic rings. The first-order chi connectivity index (χ1) is 10.1. The summed E-state index contributed by atoms with van der Waals surface area (Å²) in [5.41, 5.74) is 9.33. The molecule has 1 fully saturated rings. The van der Waals surface area contributed by atoms with Crippen LogP contribution < -0.4 is 5.73 Å². The van der Waals surface area contributed by atoms with E-state index >= 15 is 0 Å². The number of ether oxygens (including phenoxy) is 2. The van der Waals surface area contributed by atoms with Gasteiger partial charge in [-0.1, -0.05) is 0 Å². The van der Waals surface area contributed by atoms with Crippen LogP contribution in [0.3, 0.4) is 0 Å². The van der Waals surface area contributed by atoms with Gasteiger partial charge < -0.3 is 20.1 Å². The Morgan fingerprint density at radius 3 is 2.76 bits per heavy atom. The lowest BCUT2D eigenvalue weighted by Crippen LogP contribution is -2.44. The Balaban J connectivity index is 2.03. The molecule has 1 aliphatic heterocycles. The lowest BCUT2D eigenvalue weighted by atomic mass is 10.2. The summed E-state index contributed by atoms with van der Waals surface area (Å²) >= 11 is 0. The molecule has 2 heterocycles. The van der Waals surface area contributed by atoms with E-state index in [-0.39, 0.29) is 0 Å². The van der Waals surface area contributed by atoms with E-state index in [1.54, 1.807) is 7.11 Å². The fraction of sp³-hybridized carbons (Fsp3) is 0.714. The van der Waals surface area contributed by atoms with Gasteiger partial charge in [-0.15, -0.1) is 0 Å². The summed E-state index contributed by atoms with van der Waals surface area (Å²) in [6.45, 7) is 9.07. The molecule has 0 bridgehead atoms. The Kier molecular flexibility index (Phi) is 5.58. The highest BCUT2D eigenvalue weighted by molar-refractivity contribution is 5.78. The van der Waals surface area contributed by atoms with Crippen molar-refractivity contribution in [2.24, 2.45) is 10.7 Å². The third-order valence-electron chi connectivity index (χ3n) is 3.77. The molecular formula is C14H25N5O2. The summed E-state index contributed by atoms with van der Waals surface area (Å²) in [7, 11) is 1.69. The Labute approximate surface area is 125 Å². The molecule has 0 saturated carbocycles. The fourth-order valence-corrected chi connectivity index (χ4v) is 2.41. The lowest BCUT2D eigenvalue weighted by molar-refractivity contribution is 0.0674. The van der Waals surface area contributed by atoms with Crippen molar-refractivity contribution in [2.75, 3.05) is 40.0 Å². The van der Waals surface area contributed by atoms with Gasteiger partial charge in [0.05, 0.1) is 38.6 Å². The van der Waals surface area contributed by atoms with Crippen LogP contribution in [0.4, 0.5) is 0 Å². The van der Waals surface area contributed by atoms with Crippen molar-refractivity contribution >= 4 is 5.96 Å². The van der Waals surface area contributed by atoms with Crippen molar-refractivity contribution < 1.29 is 9.47 Å². The zero-order chi connectivity index (χ0) is 15.2. The number of guanidine groups is 1. The molecule has 2 rings (SSSR count). The van der Waals surface area contributed by atoms with Crippen molar-refractivity contribution in [3.05, 3.63) is 17.0 Å². The van der Waals surface area contributed by atoms with Gasteiger partial charge in [-0.25, -0.2) is 4.99 Å². The van der Waals surface area contributed by atoms with Gasteiger partial charge in [0.25, 0.3) is 0 Å². The number of methoxy groups -OCH3 is 1. The largest absolute Gasteiger partial charge is 0.383 e. The van der Waals surface area contributed by atoms with Crippen LogP contribution in [-0.4, -0.2) is 60.7 Å². The molecule has 0 atom stereocenters. The molecular weight excluding hydrogens is 270 g/mol. The molecule has 0 radical (unpaired) electrons. The minimum atomic E-state index is 0.563. The van der Waals surface area contributed by atoms with Crippen LogP contribution in [0.5, 0.6) is 0 Å². The summed E-state index contributed by atoms with van der Waals surface area (Å²) in [5, 5.41) is 4.53. The second-order valence-electron chi connectivity index (χ2n) is 5.14. The lowest BCUT2D eigenvalue weighted by Gasteiger charge is -2.27. The van der Waals surface area contributed by atoms with E-state index in [4.69, 9.17) is 15.2 Å². The number of hydrogen-bond donors (Lipinski definition) is 1. The van der Waals surface area contributed by atoms with E-state index in [1.165, 1.54) is 0 Å². The second-order valence-corrected chi connectivity index (χ2v) is 5.14. The predicted octanol–water partition coefficient (Wildman–Crippen LogP) is 0.293. The molecule has 0 aromatic carbocycles. The van der Waals surface area contributed by atoms with Crippen LogP contribution in [0.1, 0.15) is 17.0 Å². The second kappa shape index (κ2) is 7.42. The van der Waals surface area contributed by atoms with Gasteiger partial charge in [0.1, 0.15) is 0 Å². The SMILES string of the molecule is COCCn1nc(C)c(CN=C(N)N2CCOCC2)c1C. The molecule has 0 spiro atoms. The average molecular weight is 295 g/mol. The van der Waals surface area contributed by atoms with E-state index in [1.807, 2.05) is 11.6 Å². The van der Waals surface area contributed by atoms with Crippen molar-refractivity contribution in [3.63, 3.8) is 0 Å². The molecule has 21 heavy (non-hydrogen) atoms. The monoisotopic (exact) mass is 295 g/mol. The highest BCUT2D eigenvalue weighted by Crippen LogP contribution is 2.14. The van der Waals surface area contributed by atoms with Crippen LogP contribution in [0, 0.1) is 13.8 Å². The molecule has 0 unspecified atom stereocenters. The number of rotatable bonds is 5.